The van der Waals surface area contributed by atoms with Crippen LogP contribution in [0.2, 0.25) is 0 Å². The van der Waals surface area contributed by atoms with Gasteiger partial charge in [-0.1, -0.05) is 200 Å². The molecule has 0 spiro atoms. The molecule has 1 nitrogen and oxygen atoms in total. The summed E-state index contributed by atoms with van der Waals surface area (Å²) in [5.74, 6) is 0. The maximum Gasteiger partial charge on any atom is 0.417 e. The average molecular weight is 1290 g/mol. The number of nitrogens with zero attached hydrogens (tertiary/aromatic N) is 1. The van der Waals surface area contributed by atoms with Crippen LogP contribution in [0.4, 0.5) is 56.6 Å². The van der Waals surface area contributed by atoms with Crippen molar-refractivity contribution in [2.45, 2.75) is 60.1 Å². The van der Waals surface area contributed by atoms with Crippen LogP contribution < -0.4 is 4.90 Å². The van der Waals surface area contributed by atoms with Gasteiger partial charge in [0.2, 0.25) is 0 Å². The van der Waals surface area contributed by atoms with E-state index in [9.17, 15) is 0 Å². The molecule has 0 saturated carbocycles. The Hall–Kier alpha value is -11.0. The van der Waals surface area contributed by atoms with E-state index >= 15 is 39.5 Å². The molecule has 0 N–H and O–H groups in total. The number of hydrogen-bond donors (Lipinski definition) is 0. The molecule has 0 fully saturated rings. The maximum atomic E-state index is 16.2. The van der Waals surface area contributed by atoms with Crippen LogP contribution >= 0.6 is 0 Å². The van der Waals surface area contributed by atoms with E-state index in [2.05, 4.69) is 0 Å². The van der Waals surface area contributed by atoms with Gasteiger partial charge in [-0.3, -0.25) is 0 Å². The molecule has 0 heterocycles. The molecule has 97 heavy (non-hydrogen) atoms. The summed E-state index contributed by atoms with van der Waals surface area (Å²) in [5, 5.41) is 8.09. The number of alkyl halides is 9. The first-order valence-corrected chi connectivity index (χ1v) is 32.0. The van der Waals surface area contributed by atoms with Crippen molar-refractivity contribution in [3.63, 3.8) is 0 Å². The largest absolute Gasteiger partial charge is 0.417 e. The van der Waals surface area contributed by atoms with Crippen LogP contribution in [0, 0.1) is 41.5 Å². The van der Waals surface area contributed by atoms with Gasteiger partial charge in [0.25, 0.3) is 0 Å². The Morgan fingerprint density at radius 2 is 0.433 bits per heavy atom. The summed E-state index contributed by atoms with van der Waals surface area (Å²) in [4.78, 5) is 1.95. The number of fused-ring (bicyclic) bond motifs is 6. The van der Waals surface area contributed by atoms with Crippen molar-refractivity contribution in [2.24, 2.45) is 0 Å². The molecule has 0 amide bonds. The van der Waals surface area contributed by atoms with E-state index < -0.39 is 35.2 Å². The van der Waals surface area contributed by atoms with Crippen molar-refractivity contribution < 1.29 is 39.5 Å². The normalized spacial score (nSPS) is 12.3. The van der Waals surface area contributed by atoms with Gasteiger partial charge < -0.3 is 4.90 Å². The molecule has 476 valence electrons. The second kappa shape index (κ2) is 23.4. The predicted octanol–water partition coefficient (Wildman–Crippen LogP) is 27.0. The van der Waals surface area contributed by atoms with Gasteiger partial charge >= 0.3 is 18.5 Å². The lowest BCUT2D eigenvalue weighted by molar-refractivity contribution is -0.137. The topological polar surface area (TPSA) is 3.24 Å². The molecule has 0 aliphatic carbocycles. The maximum absolute atomic E-state index is 16.2. The van der Waals surface area contributed by atoms with Gasteiger partial charge in [-0.25, -0.2) is 0 Å². The molecule has 15 rings (SSSR count). The fourth-order valence-corrected chi connectivity index (χ4v) is 15.0. The highest BCUT2D eigenvalue weighted by atomic mass is 19.4. The molecule has 0 aliphatic heterocycles. The molecule has 0 aromatic heterocycles. The number of halogens is 9. The molecule has 0 atom stereocenters. The highest BCUT2D eigenvalue weighted by Gasteiger charge is 2.40. The van der Waals surface area contributed by atoms with E-state index in [-0.39, 0.29) is 16.7 Å². The molecular formula is C87H60F9N. The van der Waals surface area contributed by atoms with Crippen molar-refractivity contribution in [2.75, 3.05) is 4.90 Å². The molecular weight excluding hydrogens is 1230 g/mol. The average Bonchev–Trinajstić information content (AvgIpc) is 0.742. The van der Waals surface area contributed by atoms with E-state index in [0.717, 1.165) is 32.3 Å². The zero-order valence-corrected chi connectivity index (χ0v) is 53.6. The van der Waals surface area contributed by atoms with Crippen LogP contribution in [0.25, 0.3) is 131 Å². The molecule has 0 unspecified atom stereocenters. The third kappa shape index (κ3) is 10.6. The molecule has 10 heteroatoms. The second-order valence-electron chi connectivity index (χ2n) is 25.4. The zero-order chi connectivity index (χ0) is 67.6. The quantitative estimate of drug-likeness (QED) is 0.130. The third-order valence-electron chi connectivity index (χ3n) is 19.4. The lowest BCUT2D eigenvalue weighted by Gasteiger charge is -2.33. The Kier molecular flexibility index (Phi) is 15.0. The van der Waals surface area contributed by atoms with Crippen LogP contribution in [0.3, 0.4) is 0 Å². The van der Waals surface area contributed by atoms with Crippen LogP contribution in [-0.4, -0.2) is 0 Å². The van der Waals surface area contributed by atoms with Gasteiger partial charge in [0.15, 0.2) is 0 Å². The first-order chi connectivity index (χ1) is 46.5. The minimum Gasteiger partial charge on any atom is -0.310 e. The summed E-state index contributed by atoms with van der Waals surface area (Å²) < 4.78 is 145. The van der Waals surface area contributed by atoms with Gasteiger partial charge in [-0.05, 0) is 244 Å². The summed E-state index contributed by atoms with van der Waals surface area (Å²) in [6, 6.07) is 75.6. The van der Waals surface area contributed by atoms with E-state index in [1.54, 1.807) is 75.4 Å². The van der Waals surface area contributed by atoms with Crippen molar-refractivity contribution in [3.8, 4) is 66.8 Å². The van der Waals surface area contributed by atoms with Crippen LogP contribution in [0.1, 0.15) is 50.1 Å². The highest BCUT2D eigenvalue weighted by molar-refractivity contribution is 6.15. The van der Waals surface area contributed by atoms with Crippen molar-refractivity contribution in [3.05, 3.63) is 305 Å². The van der Waals surface area contributed by atoms with Gasteiger partial charge in [-0.15, -0.1) is 0 Å². The summed E-state index contributed by atoms with van der Waals surface area (Å²) in [7, 11) is 0. The van der Waals surface area contributed by atoms with Gasteiger partial charge in [0, 0.05) is 33.8 Å². The SMILES string of the molecule is Cc1cc(N(c2cc(C)c(-c3c(C(F)(F)F)cc(-c4cccc5ccccc45)c4ccccc34)cc2C)c2cc(C)c(-c3c(C(F)(F)F)cc(-c4cccc5ccccc45)c4ccccc34)cc2C)c(C)cc1-c1c(C(F)(F)F)cc(-c2cccc3ccccc23)c2ccccc12. The Morgan fingerprint density at radius 1 is 0.206 bits per heavy atom. The van der Waals surface area contributed by atoms with Crippen LogP contribution in [0.15, 0.2) is 255 Å². The fourth-order valence-electron chi connectivity index (χ4n) is 15.0. The van der Waals surface area contributed by atoms with E-state index in [1.165, 1.54) is 18.2 Å². The predicted molar refractivity (Wildman–Crippen MR) is 382 cm³/mol. The summed E-state index contributed by atoms with van der Waals surface area (Å²) >= 11 is 0. The number of aryl methyl sites for hydroxylation is 6. The lowest BCUT2D eigenvalue weighted by Crippen LogP contribution is -2.16. The highest BCUT2D eigenvalue weighted by Crippen LogP contribution is 2.54. The Labute approximate surface area is 555 Å². The molecule has 0 aliphatic rings. The molecule has 15 aromatic carbocycles. The van der Waals surface area contributed by atoms with Crippen LogP contribution in [-0.2, 0) is 18.5 Å². The fraction of sp³-hybridized carbons (Fsp3) is 0.103. The number of anilines is 3. The number of benzene rings is 15. The summed E-state index contributed by atoms with van der Waals surface area (Å²) in [5.41, 5.74) is 6.42. The van der Waals surface area contributed by atoms with Crippen molar-refractivity contribution >= 4 is 81.7 Å². The smallest absolute Gasteiger partial charge is 0.310 e. The Balaban J connectivity index is 0.960. The van der Waals surface area contributed by atoms with Crippen molar-refractivity contribution in [1.82, 2.24) is 0 Å². The third-order valence-corrected chi connectivity index (χ3v) is 19.4. The van der Waals surface area contributed by atoms with Gasteiger partial charge in [-0.2, -0.15) is 39.5 Å². The Morgan fingerprint density at radius 3 is 0.691 bits per heavy atom. The van der Waals surface area contributed by atoms with Crippen LogP contribution in [0.5, 0.6) is 0 Å². The minimum atomic E-state index is -4.82. The standard InChI is InChI=1S/C87H60F9N/c1-49-43-79(52(4)40-70(49)82-67-34-16-13-31-64(67)73(46-76(82)85(88,89)90)61-37-19-25-55-22-7-10-28-58(55)61)97(80-44-50(2)71(41-53(80)5)83-68-35-17-14-32-65(68)74(47-77(83)86(91,92)93)62-38-20-26-56-23-8-11-29-59(56)62)81-45-51(3)72(42-54(81)6)84-69-36-18-15-33-66(69)75(48-78(84)87(94,95)96)63-39-21-27-57-24-9-12-30-60(57)63/h7-48H,1-6H3. The molecule has 0 bridgehead atoms. The summed E-state index contributed by atoms with van der Waals surface area (Å²) in [6.45, 7) is 10.8. The number of rotatable bonds is 9. The monoisotopic (exact) mass is 1290 g/mol. The number of hydrogen-bond acceptors (Lipinski definition) is 1. The van der Waals surface area contributed by atoms with E-state index in [1.807, 2.05) is 208 Å². The van der Waals surface area contributed by atoms with E-state index in [0.29, 0.717) is 133 Å². The van der Waals surface area contributed by atoms with Crippen molar-refractivity contribution in [1.29, 1.82) is 0 Å². The van der Waals surface area contributed by atoms with Gasteiger partial charge in [0.1, 0.15) is 0 Å². The molecule has 0 saturated heterocycles. The van der Waals surface area contributed by atoms with E-state index in [4.69, 9.17) is 0 Å². The van der Waals surface area contributed by atoms with Gasteiger partial charge in [0.05, 0.1) is 16.7 Å². The summed E-state index contributed by atoms with van der Waals surface area (Å²) in [6.07, 6.45) is -14.5. The minimum absolute atomic E-state index is 0.00290. The Bertz CT molecular complexity index is 5170. The first kappa shape index (κ1) is 62.2. The first-order valence-electron chi connectivity index (χ1n) is 32.0. The second-order valence-corrected chi connectivity index (χ2v) is 25.4. The molecule has 0 radical (unpaired) electrons. The molecule has 15 aromatic rings. The lowest BCUT2D eigenvalue weighted by atomic mass is 9.84. The zero-order valence-electron chi connectivity index (χ0n) is 53.6.